The highest BCUT2D eigenvalue weighted by Crippen LogP contribution is 2.26. The summed E-state index contributed by atoms with van der Waals surface area (Å²) >= 11 is 0. The second-order valence-electron chi connectivity index (χ2n) is 9.74. The molecule has 1 unspecified atom stereocenters. The van der Waals surface area contributed by atoms with Gasteiger partial charge in [0, 0.05) is 43.7 Å². The number of carboxylic acid groups (broad SMARTS) is 1. The Bertz CT molecular complexity index is 1500. The van der Waals surface area contributed by atoms with Crippen LogP contribution in [0.4, 0.5) is 17.6 Å². The van der Waals surface area contributed by atoms with Gasteiger partial charge in [0.25, 0.3) is 0 Å². The number of rotatable bonds is 12. The van der Waals surface area contributed by atoms with Crippen LogP contribution in [0.25, 0.3) is 11.1 Å². The number of aliphatic carboxylic acids is 1. The maximum absolute atomic E-state index is 13.8. The number of carboxylic acids is 1. The van der Waals surface area contributed by atoms with Gasteiger partial charge >= 0.3 is 5.97 Å². The molecule has 1 aromatic heterocycles. The molecular weight excluding hydrogens is 576 g/mol. The normalized spacial score (nSPS) is 14.3. The van der Waals surface area contributed by atoms with Crippen LogP contribution in [-0.4, -0.2) is 82.3 Å². The van der Waals surface area contributed by atoms with Crippen molar-refractivity contribution in [1.29, 1.82) is 0 Å². The summed E-state index contributed by atoms with van der Waals surface area (Å²) in [6.07, 6.45) is 2.49. The van der Waals surface area contributed by atoms with E-state index in [0.29, 0.717) is 13.1 Å². The van der Waals surface area contributed by atoms with Crippen molar-refractivity contribution in [3.63, 3.8) is 0 Å². The number of carbonyl (C=O) groups is 4. The molecule has 2 N–H and O–H groups in total. The summed E-state index contributed by atoms with van der Waals surface area (Å²) in [5, 5.41) is 11.4. The van der Waals surface area contributed by atoms with Crippen LogP contribution in [0.2, 0.25) is 0 Å². The van der Waals surface area contributed by atoms with Crippen molar-refractivity contribution in [2.45, 2.75) is 19.0 Å². The summed E-state index contributed by atoms with van der Waals surface area (Å²) in [4.78, 5) is 56.6. The molecule has 226 valence electrons. The molecule has 3 aromatic rings. The van der Waals surface area contributed by atoms with E-state index in [4.69, 9.17) is 5.11 Å². The van der Waals surface area contributed by atoms with Crippen molar-refractivity contribution in [2.24, 2.45) is 0 Å². The van der Waals surface area contributed by atoms with E-state index in [1.165, 1.54) is 4.90 Å². The van der Waals surface area contributed by atoms with Crippen molar-refractivity contribution < 1.29 is 46.6 Å². The van der Waals surface area contributed by atoms with E-state index in [1.807, 2.05) is 36.4 Å². The quantitative estimate of drug-likeness (QED) is 0.239. The first kappa shape index (κ1) is 31.1. The summed E-state index contributed by atoms with van der Waals surface area (Å²) in [6.45, 7) is -0.773. The zero-order valence-electron chi connectivity index (χ0n) is 22.6. The predicted molar refractivity (Wildman–Crippen MR) is 142 cm³/mol. The lowest BCUT2D eigenvalue weighted by atomic mass is 10.1. The van der Waals surface area contributed by atoms with E-state index in [0.717, 1.165) is 16.7 Å². The molecule has 0 aliphatic carbocycles. The molecule has 1 aliphatic rings. The molecule has 10 nitrogen and oxygen atoms in total. The topological polar surface area (TPSA) is 129 Å². The predicted octanol–water partition coefficient (Wildman–Crippen LogP) is 2.56. The lowest BCUT2D eigenvalue weighted by Crippen LogP contribution is -2.54. The van der Waals surface area contributed by atoms with Crippen LogP contribution in [0.5, 0.6) is 5.75 Å². The van der Waals surface area contributed by atoms with Gasteiger partial charge < -0.3 is 20.1 Å². The Morgan fingerprint density at radius 2 is 1.67 bits per heavy atom. The number of amides is 2. The van der Waals surface area contributed by atoms with E-state index in [9.17, 15) is 36.7 Å². The standard InChI is InChI=1S/C29H26F4N4O6/c30-20-9-21(31)28(33)29(27(20)32)43-16-23(38)22(10-26(41)42)35-24(39)14-36-6-7-37(25(40)15-36)13-17-8-19(12-34-11-17)18-4-2-1-3-5-18/h1-5,8-9,11-12,22H,6-7,10,13-16H2,(H,35,39)(H,41,42). The van der Waals surface area contributed by atoms with Gasteiger partial charge in [-0.15, -0.1) is 0 Å². The smallest absolute Gasteiger partial charge is 0.305 e. The van der Waals surface area contributed by atoms with Crippen LogP contribution in [0.15, 0.2) is 54.9 Å². The fourth-order valence-electron chi connectivity index (χ4n) is 4.43. The molecule has 1 atom stereocenters. The van der Waals surface area contributed by atoms with Gasteiger partial charge in [0.05, 0.1) is 19.5 Å². The Morgan fingerprint density at radius 3 is 2.33 bits per heavy atom. The zero-order chi connectivity index (χ0) is 31.1. The Balaban J connectivity index is 1.31. The highest BCUT2D eigenvalue weighted by atomic mass is 19.2. The molecule has 2 aromatic carbocycles. The van der Waals surface area contributed by atoms with Crippen molar-refractivity contribution in [1.82, 2.24) is 20.1 Å². The fourth-order valence-corrected chi connectivity index (χ4v) is 4.43. The summed E-state index contributed by atoms with van der Waals surface area (Å²) in [5.74, 6) is -12.4. The molecule has 43 heavy (non-hydrogen) atoms. The number of carbonyl (C=O) groups excluding carboxylic acids is 3. The number of piperazine rings is 1. The number of nitrogens with zero attached hydrogens (tertiary/aromatic N) is 3. The number of ketones is 1. The van der Waals surface area contributed by atoms with Gasteiger partial charge in [-0.2, -0.15) is 8.78 Å². The number of nitrogens with one attached hydrogen (secondary N) is 1. The fraction of sp³-hybridized carbons (Fsp3) is 0.276. The van der Waals surface area contributed by atoms with Gasteiger partial charge in [0.1, 0.15) is 12.6 Å². The van der Waals surface area contributed by atoms with Crippen molar-refractivity contribution in [2.75, 3.05) is 32.8 Å². The van der Waals surface area contributed by atoms with Crippen LogP contribution in [-0.2, 0) is 25.7 Å². The second-order valence-corrected chi connectivity index (χ2v) is 9.74. The zero-order valence-corrected chi connectivity index (χ0v) is 22.6. The van der Waals surface area contributed by atoms with Crippen molar-refractivity contribution in [3.8, 4) is 16.9 Å². The minimum Gasteiger partial charge on any atom is -0.481 e. The number of hydrogen-bond acceptors (Lipinski definition) is 7. The minimum atomic E-state index is -1.88. The Labute approximate surface area is 242 Å². The molecule has 0 bridgehead atoms. The number of benzene rings is 2. The molecule has 1 saturated heterocycles. The minimum absolute atomic E-state index is 0.0436. The molecule has 1 fully saturated rings. The highest BCUT2D eigenvalue weighted by Gasteiger charge is 2.29. The van der Waals surface area contributed by atoms with Gasteiger partial charge in [0.2, 0.25) is 23.4 Å². The molecular formula is C29H26F4N4O6. The first-order valence-corrected chi connectivity index (χ1v) is 13.0. The van der Waals surface area contributed by atoms with E-state index >= 15 is 0 Å². The van der Waals surface area contributed by atoms with E-state index in [1.54, 1.807) is 17.3 Å². The molecule has 4 rings (SSSR count). The van der Waals surface area contributed by atoms with E-state index < -0.39 is 65.7 Å². The maximum atomic E-state index is 13.8. The van der Waals surface area contributed by atoms with Crippen molar-refractivity contribution >= 4 is 23.6 Å². The maximum Gasteiger partial charge on any atom is 0.305 e. The molecule has 1 aliphatic heterocycles. The van der Waals surface area contributed by atoms with Crippen LogP contribution in [0.3, 0.4) is 0 Å². The highest BCUT2D eigenvalue weighted by molar-refractivity contribution is 5.93. The first-order chi connectivity index (χ1) is 20.5. The molecule has 2 amide bonds. The van der Waals surface area contributed by atoms with Gasteiger partial charge in [-0.25, -0.2) is 8.78 Å². The molecule has 0 radical (unpaired) electrons. The van der Waals surface area contributed by atoms with Crippen LogP contribution in [0.1, 0.15) is 12.0 Å². The van der Waals surface area contributed by atoms with E-state index in [2.05, 4.69) is 15.0 Å². The Morgan fingerprint density at radius 1 is 0.977 bits per heavy atom. The number of hydrogen-bond donors (Lipinski definition) is 2. The summed E-state index contributed by atoms with van der Waals surface area (Å²) in [5.41, 5.74) is 2.70. The van der Waals surface area contributed by atoms with Crippen LogP contribution < -0.4 is 10.1 Å². The first-order valence-electron chi connectivity index (χ1n) is 13.0. The lowest BCUT2D eigenvalue weighted by molar-refractivity contribution is -0.140. The largest absolute Gasteiger partial charge is 0.481 e. The van der Waals surface area contributed by atoms with Gasteiger partial charge in [-0.3, -0.25) is 29.1 Å². The summed E-state index contributed by atoms with van der Waals surface area (Å²) in [7, 11) is 0. The average Bonchev–Trinajstić information content (AvgIpc) is 2.97. The third-order valence-electron chi connectivity index (χ3n) is 6.57. The van der Waals surface area contributed by atoms with Crippen LogP contribution in [0, 0.1) is 23.3 Å². The van der Waals surface area contributed by atoms with Crippen molar-refractivity contribution in [3.05, 3.63) is 83.7 Å². The number of halogens is 4. The number of aromatic nitrogens is 1. The summed E-state index contributed by atoms with van der Waals surface area (Å²) in [6, 6.07) is 9.82. The number of ether oxygens (including phenoxy) is 1. The average molecular weight is 603 g/mol. The molecule has 0 spiro atoms. The Hall–Kier alpha value is -4.85. The Kier molecular flexibility index (Phi) is 10.0. The summed E-state index contributed by atoms with van der Waals surface area (Å²) < 4.78 is 59.0. The van der Waals surface area contributed by atoms with Gasteiger partial charge in [-0.05, 0) is 17.2 Å². The second kappa shape index (κ2) is 13.9. The molecule has 2 heterocycles. The lowest BCUT2D eigenvalue weighted by Gasteiger charge is -2.34. The number of Topliss-reactive ketones (excluding diaryl/α,β-unsaturated/α-hetero) is 1. The van der Waals surface area contributed by atoms with E-state index in [-0.39, 0.29) is 31.6 Å². The molecule has 14 heteroatoms. The SMILES string of the molecule is O=C(O)CC(NC(=O)CN1CCN(Cc2cncc(-c3ccccc3)c2)C(=O)C1)C(=O)COc1c(F)c(F)cc(F)c1F. The third-order valence-corrected chi connectivity index (χ3v) is 6.57. The monoisotopic (exact) mass is 602 g/mol. The van der Waals surface area contributed by atoms with Gasteiger partial charge in [0.15, 0.2) is 23.2 Å². The van der Waals surface area contributed by atoms with Gasteiger partial charge in [-0.1, -0.05) is 30.3 Å². The van der Waals surface area contributed by atoms with Crippen LogP contribution >= 0.6 is 0 Å². The number of pyridine rings is 1. The molecule has 0 saturated carbocycles. The third kappa shape index (κ3) is 8.13.